The Hall–Kier alpha value is -3.19. The molecule has 0 atom stereocenters. The maximum atomic E-state index is 12.8. The number of carbonyl (C=O) groups excluding carboxylic acids is 1. The van der Waals surface area contributed by atoms with E-state index < -0.39 is 10.0 Å². The molecule has 3 aromatic rings. The number of amides is 1. The summed E-state index contributed by atoms with van der Waals surface area (Å²) in [5.41, 5.74) is 1.90. The van der Waals surface area contributed by atoms with Crippen molar-refractivity contribution < 1.29 is 13.2 Å². The Labute approximate surface area is 158 Å². The summed E-state index contributed by atoms with van der Waals surface area (Å²) in [5.74, 6) is 0.0813. The highest BCUT2D eigenvalue weighted by molar-refractivity contribution is 7.92. The zero-order valence-corrected chi connectivity index (χ0v) is 15.8. The Balaban J connectivity index is 1.78. The molecule has 6 nitrogen and oxygen atoms in total. The van der Waals surface area contributed by atoms with Gasteiger partial charge < -0.3 is 5.32 Å². The minimum Gasteiger partial charge on any atom is -0.307 e. The molecule has 1 N–H and O–H groups in total. The molecule has 7 heteroatoms. The van der Waals surface area contributed by atoms with Gasteiger partial charge in [-0.2, -0.15) is 0 Å². The van der Waals surface area contributed by atoms with Crippen LogP contribution in [0.5, 0.6) is 0 Å². The van der Waals surface area contributed by atoms with Crippen molar-refractivity contribution in [3.05, 3.63) is 84.1 Å². The monoisotopic (exact) mass is 381 g/mol. The lowest BCUT2D eigenvalue weighted by Crippen LogP contribution is -2.26. The molecule has 0 aliphatic carbocycles. The van der Waals surface area contributed by atoms with Crippen LogP contribution in [-0.2, 0) is 10.0 Å². The van der Waals surface area contributed by atoms with Gasteiger partial charge >= 0.3 is 0 Å². The molecule has 0 radical (unpaired) electrons. The fourth-order valence-corrected chi connectivity index (χ4v) is 3.64. The summed E-state index contributed by atoms with van der Waals surface area (Å²) < 4.78 is 26.7. The predicted octanol–water partition coefficient (Wildman–Crippen LogP) is 3.47. The van der Waals surface area contributed by atoms with Crippen LogP contribution in [0.15, 0.2) is 77.8 Å². The number of aromatic nitrogens is 1. The van der Waals surface area contributed by atoms with E-state index in [2.05, 4.69) is 10.3 Å². The first-order valence-corrected chi connectivity index (χ1v) is 9.70. The van der Waals surface area contributed by atoms with Gasteiger partial charge in [-0.25, -0.2) is 13.4 Å². The first kappa shape index (κ1) is 18.6. The highest BCUT2D eigenvalue weighted by Gasteiger charge is 2.21. The van der Waals surface area contributed by atoms with Crippen LogP contribution in [0.4, 0.5) is 11.5 Å². The van der Waals surface area contributed by atoms with Crippen molar-refractivity contribution in [3.63, 3.8) is 0 Å². The van der Waals surface area contributed by atoms with Crippen LogP contribution in [-0.4, -0.2) is 26.4 Å². The third kappa shape index (κ3) is 4.15. The number of para-hydroxylation sites is 1. The minimum atomic E-state index is -3.71. The Morgan fingerprint density at radius 3 is 2.22 bits per heavy atom. The largest absolute Gasteiger partial charge is 0.307 e. The van der Waals surface area contributed by atoms with Gasteiger partial charge in [0.25, 0.3) is 15.9 Å². The van der Waals surface area contributed by atoms with Crippen LogP contribution >= 0.6 is 0 Å². The molecule has 1 heterocycles. The molecule has 2 aromatic carbocycles. The molecular weight excluding hydrogens is 362 g/mol. The van der Waals surface area contributed by atoms with Crippen LogP contribution < -0.4 is 9.62 Å². The number of nitrogens with one attached hydrogen (secondary N) is 1. The van der Waals surface area contributed by atoms with Gasteiger partial charge in [0.05, 0.1) is 10.6 Å². The summed E-state index contributed by atoms with van der Waals surface area (Å²) in [4.78, 5) is 16.5. The van der Waals surface area contributed by atoms with Gasteiger partial charge in [-0.1, -0.05) is 24.3 Å². The molecule has 0 saturated carbocycles. The summed E-state index contributed by atoms with van der Waals surface area (Å²) in [6.07, 6.45) is 1.66. The third-order valence-corrected chi connectivity index (χ3v) is 5.85. The lowest BCUT2D eigenvalue weighted by molar-refractivity contribution is 0.102. The molecule has 138 valence electrons. The Morgan fingerprint density at radius 1 is 0.963 bits per heavy atom. The van der Waals surface area contributed by atoms with Gasteiger partial charge in [-0.3, -0.25) is 9.10 Å². The minimum absolute atomic E-state index is 0.110. The molecule has 0 bridgehead atoms. The van der Waals surface area contributed by atoms with Crippen molar-refractivity contribution in [1.29, 1.82) is 0 Å². The van der Waals surface area contributed by atoms with Crippen LogP contribution in [0.25, 0.3) is 0 Å². The highest BCUT2D eigenvalue weighted by atomic mass is 32.2. The Kier molecular flexibility index (Phi) is 5.23. The molecule has 1 aromatic heterocycles. The highest BCUT2D eigenvalue weighted by Crippen LogP contribution is 2.22. The van der Waals surface area contributed by atoms with Crippen molar-refractivity contribution >= 4 is 27.4 Å². The molecule has 3 rings (SSSR count). The summed E-state index contributed by atoms with van der Waals surface area (Å²) >= 11 is 0. The van der Waals surface area contributed by atoms with E-state index in [1.54, 1.807) is 36.5 Å². The van der Waals surface area contributed by atoms with Crippen LogP contribution in [0.2, 0.25) is 0 Å². The number of pyridine rings is 1. The van der Waals surface area contributed by atoms with Crippen LogP contribution in [0.3, 0.4) is 0 Å². The van der Waals surface area contributed by atoms with E-state index in [4.69, 9.17) is 0 Å². The number of sulfonamides is 1. The second kappa shape index (κ2) is 7.59. The molecule has 0 saturated heterocycles. The molecule has 0 fully saturated rings. The van der Waals surface area contributed by atoms with Gasteiger partial charge in [-0.05, 0) is 55.0 Å². The Morgan fingerprint density at radius 2 is 1.63 bits per heavy atom. The summed E-state index contributed by atoms with van der Waals surface area (Å²) in [7, 11) is -2.21. The molecule has 0 spiro atoms. The van der Waals surface area contributed by atoms with Crippen LogP contribution in [0.1, 0.15) is 15.9 Å². The molecule has 0 aliphatic rings. The standard InChI is InChI=1S/C20H19N3O3S/c1-15-8-13-19(21-14-15)22-20(24)16-9-11-18(12-10-16)27(25,26)23(2)17-6-4-3-5-7-17/h3-14H,1-2H3,(H,21,22,24). The van der Waals surface area contributed by atoms with E-state index in [1.165, 1.54) is 35.6 Å². The van der Waals surface area contributed by atoms with Gasteiger partial charge in [0.2, 0.25) is 0 Å². The van der Waals surface area contributed by atoms with Gasteiger partial charge in [0, 0.05) is 18.8 Å². The average Bonchev–Trinajstić information content (AvgIpc) is 2.70. The summed E-state index contributed by atoms with van der Waals surface area (Å²) in [6.45, 7) is 1.91. The fourth-order valence-electron chi connectivity index (χ4n) is 2.44. The number of carbonyl (C=O) groups is 1. The molecule has 0 unspecified atom stereocenters. The molecular formula is C20H19N3O3S. The number of aryl methyl sites for hydroxylation is 1. The van der Waals surface area contributed by atoms with Crippen molar-refractivity contribution in [1.82, 2.24) is 4.98 Å². The van der Waals surface area contributed by atoms with E-state index in [-0.39, 0.29) is 10.8 Å². The zero-order valence-electron chi connectivity index (χ0n) is 15.0. The first-order chi connectivity index (χ1) is 12.9. The molecule has 27 heavy (non-hydrogen) atoms. The predicted molar refractivity (Wildman–Crippen MR) is 105 cm³/mol. The fraction of sp³-hybridized carbons (Fsp3) is 0.100. The number of hydrogen-bond acceptors (Lipinski definition) is 4. The summed E-state index contributed by atoms with van der Waals surface area (Å²) in [5, 5.41) is 2.68. The van der Waals surface area contributed by atoms with E-state index in [9.17, 15) is 13.2 Å². The maximum Gasteiger partial charge on any atom is 0.264 e. The van der Waals surface area contributed by atoms with Crippen molar-refractivity contribution in [2.75, 3.05) is 16.7 Å². The smallest absolute Gasteiger partial charge is 0.264 e. The van der Waals surface area contributed by atoms with Crippen LogP contribution in [0, 0.1) is 6.92 Å². The lowest BCUT2D eigenvalue weighted by Gasteiger charge is -2.19. The van der Waals surface area contributed by atoms with E-state index in [1.807, 2.05) is 19.1 Å². The summed E-state index contributed by atoms with van der Waals surface area (Å²) in [6, 6.07) is 18.2. The van der Waals surface area contributed by atoms with Crippen molar-refractivity contribution in [2.45, 2.75) is 11.8 Å². The van der Waals surface area contributed by atoms with Gasteiger partial charge in [-0.15, -0.1) is 0 Å². The lowest BCUT2D eigenvalue weighted by atomic mass is 10.2. The topological polar surface area (TPSA) is 79.4 Å². The molecule has 1 amide bonds. The zero-order chi connectivity index (χ0) is 19.4. The SMILES string of the molecule is Cc1ccc(NC(=O)c2ccc(S(=O)(=O)N(C)c3ccccc3)cc2)nc1. The van der Waals surface area contributed by atoms with Crippen molar-refractivity contribution in [3.8, 4) is 0 Å². The van der Waals surface area contributed by atoms with E-state index >= 15 is 0 Å². The average molecular weight is 381 g/mol. The number of anilines is 2. The van der Waals surface area contributed by atoms with Gasteiger partial charge in [0.15, 0.2) is 0 Å². The van der Waals surface area contributed by atoms with E-state index in [0.717, 1.165) is 5.56 Å². The number of nitrogens with zero attached hydrogens (tertiary/aromatic N) is 2. The van der Waals surface area contributed by atoms with Crippen molar-refractivity contribution in [2.24, 2.45) is 0 Å². The number of benzene rings is 2. The third-order valence-electron chi connectivity index (χ3n) is 4.05. The number of rotatable bonds is 5. The quantitative estimate of drug-likeness (QED) is 0.734. The molecule has 0 aliphatic heterocycles. The first-order valence-electron chi connectivity index (χ1n) is 8.26. The van der Waals surface area contributed by atoms with Gasteiger partial charge in [0.1, 0.15) is 5.82 Å². The number of hydrogen-bond donors (Lipinski definition) is 1. The second-order valence-corrected chi connectivity index (χ2v) is 7.98. The maximum absolute atomic E-state index is 12.8. The Bertz CT molecular complexity index is 1030. The van der Waals surface area contributed by atoms with E-state index in [0.29, 0.717) is 17.1 Å². The second-order valence-electron chi connectivity index (χ2n) is 6.01. The normalized spacial score (nSPS) is 11.0.